The van der Waals surface area contributed by atoms with Gasteiger partial charge in [-0.25, -0.2) is 0 Å². The second-order valence-electron chi connectivity index (χ2n) is 6.97. The zero-order valence-corrected chi connectivity index (χ0v) is 14.3. The van der Waals surface area contributed by atoms with E-state index in [1.165, 1.54) is 22.3 Å². The van der Waals surface area contributed by atoms with E-state index in [-0.39, 0.29) is 6.04 Å². The Hall–Kier alpha value is -1.64. The van der Waals surface area contributed by atoms with Crippen molar-refractivity contribution < 1.29 is 0 Å². The third-order valence-corrected chi connectivity index (χ3v) is 4.91. The Bertz CT molecular complexity index is 633. The third kappa shape index (κ3) is 4.21. The van der Waals surface area contributed by atoms with Gasteiger partial charge in [-0.1, -0.05) is 61.0 Å². The summed E-state index contributed by atoms with van der Waals surface area (Å²) in [5.74, 6) is 0.550. The topological polar surface area (TPSA) is 29.3 Å². The molecule has 0 aromatic heterocycles. The van der Waals surface area contributed by atoms with Gasteiger partial charge < -0.3 is 5.73 Å². The molecular formula is C21H28N2. The van der Waals surface area contributed by atoms with Crippen LogP contribution in [0.4, 0.5) is 0 Å². The van der Waals surface area contributed by atoms with E-state index < -0.39 is 0 Å². The van der Waals surface area contributed by atoms with Crippen molar-refractivity contribution in [1.29, 1.82) is 0 Å². The lowest BCUT2D eigenvalue weighted by Crippen LogP contribution is -2.45. The van der Waals surface area contributed by atoms with Crippen molar-refractivity contribution in [3.8, 4) is 0 Å². The van der Waals surface area contributed by atoms with Crippen molar-refractivity contribution >= 4 is 0 Å². The molecule has 2 aromatic carbocycles. The summed E-state index contributed by atoms with van der Waals surface area (Å²) >= 11 is 0. The standard InChI is InChI=1S/C21H28N2/c1-3-17-7-9-19(10-8-17)20-12-21(22)15-23(14-20)13-18-6-4-5-16(2)11-18/h4-11,20-21H,3,12-15,22H2,1-2H3. The fourth-order valence-corrected chi connectivity index (χ4v) is 3.70. The van der Waals surface area contributed by atoms with Gasteiger partial charge in [0.2, 0.25) is 0 Å². The molecule has 1 heterocycles. The molecule has 1 aliphatic rings. The van der Waals surface area contributed by atoms with Gasteiger partial charge in [0.05, 0.1) is 0 Å². The minimum atomic E-state index is 0.268. The zero-order valence-electron chi connectivity index (χ0n) is 14.3. The number of aryl methyl sites for hydroxylation is 2. The van der Waals surface area contributed by atoms with E-state index in [0.717, 1.165) is 32.5 Å². The lowest BCUT2D eigenvalue weighted by atomic mass is 9.87. The van der Waals surface area contributed by atoms with E-state index in [1.807, 2.05) is 0 Å². The first kappa shape index (κ1) is 16.2. The molecule has 2 nitrogen and oxygen atoms in total. The van der Waals surface area contributed by atoms with Crippen molar-refractivity contribution in [1.82, 2.24) is 4.90 Å². The lowest BCUT2D eigenvalue weighted by molar-refractivity contribution is 0.181. The summed E-state index contributed by atoms with van der Waals surface area (Å²) < 4.78 is 0. The highest BCUT2D eigenvalue weighted by molar-refractivity contribution is 5.27. The molecule has 2 unspecified atom stereocenters. The van der Waals surface area contributed by atoms with Crippen LogP contribution in [0.2, 0.25) is 0 Å². The molecule has 0 radical (unpaired) electrons. The molecule has 0 bridgehead atoms. The number of nitrogens with zero attached hydrogens (tertiary/aromatic N) is 1. The van der Waals surface area contributed by atoms with E-state index in [0.29, 0.717) is 5.92 Å². The molecule has 2 N–H and O–H groups in total. The van der Waals surface area contributed by atoms with Crippen LogP contribution in [0.15, 0.2) is 48.5 Å². The summed E-state index contributed by atoms with van der Waals surface area (Å²) in [6, 6.07) is 18.2. The molecule has 2 atom stereocenters. The predicted octanol–water partition coefficient (Wildman–Crippen LogP) is 3.87. The molecule has 2 aromatic rings. The van der Waals surface area contributed by atoms with Gasteiger partial charge in [0, 0.05) is 25.7 Å². The van der Waals surface area contributed by atoms with Gasteiger partial charge >= 0.3 is 0 Å². The fourth-order valence-electron chi connectivity index (χ4n) is 3.70. The smallest absolute Gasteiger partial charge is 0.0234 e. The van der Waals surface area contributed by atoms with Gasteiger partial charge in [0.15, 0.2) is 0 Å². The first-order valence-electron chi connectivity index (χ1n) is 8.76. The van der Waals surface area contributed by atoms with Crippen LogP contribution in [0, 0.1) is 6.92 Å². The summed E-state index contributed by atoms with van der Waals surface area (Å²) in [6.45, 7) is 7.46. The van der Waals surface area contributed by atoms with E-state index in [4.69, 9.17) is 5.73 Å². The molecule has 122 valence electrons. The molecule has 0 spiro atoms. The Kier molecular flexibility index (Phi) is 5.14. The molecule has 23 heavy (non-hydrogen) atoms. The Morgan fingerprint density at radius 1 is 1.04 bits per heavy atom. The third-order valence-electron chi connectivity index (χ3n) is 4.91. The van der Waals surface area contributed by atoms with Gasteiger partial charge in [-0.3, -0.25) is 4.90 Å². The largest absolute Gasteiger partial charge is 0.327 e. The second-order valence-corrected chi connectivity index (χ2v) is 6.97. The van der Waals surface area contributed by atoms with Crippen LogP contribution in [0.1, 0.15) is 41.5 Å². The summed E-state index contributed by atoms with van der Waals surface area (Å²) in [5.41, 5.74) is 11.9. The van der Waals surface area contributed by atoms with Crippen LogP contribution in [-0.2, 0) is 13.0 Å². The first-order valence-corrected chi connectivity index (χ1v) is 8.76. The molecule has 3 rings (SSSR count). The monoisotopic (exact) mass is 308 g/mol. The average molecular weight is 308 g/mol. The average Bonchev–Trinajstić information content (AvgIpc) is 2.54. The van der Waals surface area contributed by atoms with Gasteiger partial charge in [-0.15, -0.1) is 0 Å². The molecule has 2 heteroatoms. The van der Waals surface area contributed by atoms with Gasteiger partial charge in [-0.05, 0) is 42.4 Å². The van der Waals surface area contributed by atoms with Crippen LogP contribution in [0.25, 0.3) is 0 Å². The Morgan fingerprint density at radius 3 is 2.52 bits per heavy atom. The van der Waals surface area contributed by atoms with Crippen LogP contribution in [-0.4, -0.2) is 24.0 Å². The maximum atomic E-state index is 6.35. The fraction of sp³-hybridized carbons (Fsp3) is 0.429. The van der Waals surface area contributed by atoms with Crippen LogP contribution in [0.5, 0.6) is 0 Å². The van der Waals surface area contributed by atoms with E-state index in [9.17, 15) is 0 Å². The number of hydrogen-bond donors (Lipinski definition) is 1. The normalized spacial score (nSPS) is 22.2. The highest BCUT2D eigenvalue weighted by atomic mass is 15.1. The second kappa shape index (κ2) is 7.29. The number of likely N-dealkylation sites (tertiary alicyclic amines) is 1. The minimum absolute atomic E-state index is 0.268. The number of hydrogen-bond acceptors (Lipinski definition) is 2. The quantitative estimate of drug-likeness (QED) is 0.929. The van der Waals surface area contributed by atoms with Gasteiger partial charge in [0.25, 0.3) is 0 Å². The predicted molar refractivity (Wildman–Crippen MR) is 97.6 cm³/mol. The van der Waals surface area contributed by atoms with E-state index in [2.05, 4.69) is 67.3 Å². The zero-order chi connectivity index (χ0) is 16.2. The number of rotatable bonds is 4. The van der Waals surface area contributed by atoms with Gasteiger partial charge in [0.1, 0.15) is 0 Å². The molecule has 0 saturated carbocycles. The van der Waals surface area contributed by atoms with E-state index >= 15 is 0 Å². The highest BCUT2D eigenvalue weighted by Crippen LogP contribution is 2.27. The maximum Gasteiger partial charge on any atom is 0.0234 e. The maximum absolute atomic E-state index is 6.35. The molecule has 1 saturated heterocycles. The Balaban J connectivity index is 1.70. The number of nitrogens with two attached hydrogens (primary N) is 1. The number of benzene rings is 2. The lowest BCUT2D eigenvalue weighted by Gasteiger charge is -2.36. The van der Waals surface area contributed by atoms with Crippen molar-refractivity contribution in [2.24, 2.45) is 5.73 Å². The summed E-state index contributed by atoms with van der Waals surface area (Å²) in [5, 5.41) is 0. The highest BCUT2D eigenvalue weighted by Gasteiger charge is 2.26. The van der Waals surface area contributed by atoms with Crippen molar-refractivity contribution in [3.05, 3.63) is 70.8 Å². The van der Waals surface area contributed by atoms with Crippen LogP contribution >= 0.6 is 0 Å². The van der Waals surface area contributed by atoms with Crippen molar-refractivity contribution in [2.75, 3.05) is 13.1 Å². The van der Waals surface area contributed by atoms with Crippen LogP contribution < -0.4 is 5.73 Å². The Morgan fingerprint density at radius 2 is 1.83 bits per heavy atom. The van der Waals surface area contributed by atoms with Gasteiger partial charge in [-0.2, -0.15) is 0 Å². The number of piperidine rings is 1. The summed E-state index contributed by atoms with van der Waals surface area (Å²) in [6.07, 6.45) is 2.19. The molecule has 0 amide bonds. The van der Waals surface area contributed by atoms with Crippen molar-refractivity contribution in [2.45, 2.75) is 45.2 Å². The first-order chi connectivity index (χ1) is 11.1. The Labute approximate surface area is 140 Å². The summed E-state index contributed by atoms with van der Waals surface area (Å²) in [4.78, 5) is 2.52. The molecular weight excluding hydrogens is 280 g/mol. The SMILES string of the molecule is CCc1ccc(C2CC(N)CN(Cc3cccc(C)c3)C2)cc1. The molecule has 0 aliphatic carbocycles. The van der Waals surface area contributed by atoms with Crippen LogP contribution in [0.3, 0.4) is 0 Å². The summed E-state index contributed by atoms with van der Waals surface area (Å²) in [7, 11) is 0. The molecule has 1 fully saturated rings. The van der Waals surface area contributed by atoms with E-state index in [1.54, 1.807) is 0 Å². The minimum Gasteiger partial charge on any atom is -0.327 e. The van der Waals surface area contributed by atoms with Crippen molar-refractivity contribution in [3.63, 3.8) is 0 Å². The molecule has 1 aliphatic heterocycles.